The average Bonchev–Trinajstić information content (AvgIpc) is 3.62. The molecule has 1 atom stereocenters. The summed E-state index contributed by atoms with van der Waals surface area (Å²) in [5, 5.41) is 4.13. The summed E-state index contributed by atoms with van der Waals surface area (Å²) in [6, 6.07) is 16.2. The first-order chi connectivity index (χ1) is 19.4. The molecular formula is C32H34N6O2. The summed E-state index contributed by atoms with van der Waals surface area (Å²) in [6.07, 6.45) is 7.24. The average molecular weight is 535 g/mol. The number of anilines is 2. The summed E-state index contributed by atoms with van der Waals surface area (Å²) >= 11 is 0. The van der Waals surface area contributed by atoms with E-state index < -0.39 is 0 Å². The van der Waals surface area contributed by atoms with Gasteiger partial charge in [-0.1, -0.05) is 24.3 Å². The number of benzene rings is 2. The van der Waals surface area contributed by atoms with E-state index in [4.69, 9.17) is 9.40 Å². The number of oxazole rings is 1. The van der Waals surface area contributed by atoms with Gasteiger partial charge >= 0.3 is 0 Å². The van der Waals surface area contributed by atoms with Gasteiger partial charge in [0.25, 0.3) is 5.56 Å². The lowest BCUT2D eigenvalue weighted by Crippen LogP contribution is -2.25. The summed E-state index contributed by atoms with van der Waals surface area (Å²) in [6.45, 7) is 8.35. The van der Waals surface area contributed by atoms with Gasteiger partial charge in [-0.25, -0.2) is 9.97 Å². The Morgan fingerprint density at radius 1 is 1.07 bits per heavy atom. The van der Waals surface area contributed by atoms with Crippen LogP contribution in [0.25, 0.3) is 33.5 Å². The Bertz CT molecular complexity index is 1710. The molecule has 5 aromatic rings. The molecule has 0 amide bonds. The lowest BCUT2D eigenvalue weighted by atomic mass is 9.98. The van der Waals surface area contributed by atoms with E-state index in [9.17, 15) is 4.79 Å². The third-order valence-corrected chi connectivity index (χ3v) is 7.75. The molecule has 1 aliphatic rings. The van der Waals surface area contributed by atoms with Crippen LogP contribution in [0.2, 0.25) is 0 Å². The Morgan fingerprint density at radius 2 is 1.90 bits per heavy atom. The van der Waals surface area contributed by atoms with Crippen molar-refractivity contribution < 1.29 is 4.42 Å². The van der Waals surface area contributed by atoms with Crippen molar-refractivity contribution in [1.29, 1.82) is 0 Å². The number of nitrogens with zero attached hydrogens (tertiary/aromatic N) is 5. The van der Waals surface area contributed by atoms with Gasteiger partial charge in [-0.05, 0) is 94.1 Å². The highest BCUT2D eigenvalue weighted by atomic mass is 16.3. The Hall–Kier alpha value is -4.30. The van der Waals surface area contributed by atoms with Crippen molar-refractivity contribution in [3.8, 4) is 22.5 Å². The molecule has 2 aromatic carbocycles. The first-order valence-electron chi connectivity index (χ1n) is 13.8. The van der Waals surface area contributed by atoms with Gasteiger partial charge in [0, 0.05) is 41.0 Å². The molecule has 8 heteroatoms. The number of fused-ring (bicyclic) bond motifs is 1. The van der Waals surface area contributed by atoms with Crippen LogP contribution < -0.4 is 10.9 Å². The minimum atomic E-state index is -0.0830. The summed E-state index contributed by atoms with van der Waals surface area (Å²) < 4.78 is 7.19. The topological polar surface area (TPSA) is 89.1 Å². The Kier molecular flexibility index (Phi) is 6.94. The van der Waals surface area contributed by atoms with E-state index in [1.165, 1.54) is 24.9 Å². The van der Waals surface area contributed by atoms with Gasteiger partial charge < -0.3 is 14.6 Å². The lowest BCUT2D eigenvalue weighted by Gasteiger charge is -2.17. The zero-order chi connectivity index (χ0) is 27.8. The molecule has 204 valence electrons. The summed E-state index contributed by atoms with van der Waals surface area (Å²) in [5.41, 5.74) is 6.18. The quantitative estimate of drug-likeness (QED) is 0.264. The van der Waals surface area contributed by atoms with Gasteiger partial charge in [-0.3, -0.25) is 9.36 Å². The van der Waals surface area contributed by atoms with Crippen LogP contribution >= 0.6 is 0 Å². The van der Waals surface area contributed by atoms with Crippen LogP contribution in [0, 0.1) is 12.8 Å². The van der Waals surface area contributed by atoms with Crippen molar-refractivity contribution in [3.05, 3.63) is 88.8 Å². The highest BCUT2D eigenvalue weighted by molar-refractivity contribution is 5.83. The van der Waals surface area contributed by atoms with Crippen molar-refractivity contribution in [2.75, 3.05) is 25.5 Å². The van der Waals surface area contributed by atoms with E-state index in [2.05, 4.69) is 51.5 Å². The monoisotopic (exact) mass is 534 g/mol. The minimum Gasteiger partial charge on any atom is -0.444 e. The molecular weight excluding hydrogens is 500 g/mol. The molecule has 0 saturated carbocycles. The molecule has 8 nitrogen and oxygen atoms in total. The SMILES string of the molecule is Cc1cc(-c2cnco2)ccc1-c1cc2cnc(Nc3ccc(CC4CCN(C)C4)cc3)nc2n(C(C)C)c1=O. The third-order valence-electron chi connectivity index (χ3n) is 7.75. The van der Waals surface area contributed by atoms with Crippen LogP contribution in [0.5, 0.6) is 0 Å². The highest BCUT2D eigenvalue weighted by Crippen LogP contribution is 2.29. The summed E-state index contributed by atoms with van der Waals surface area (Å²) in [7, 11) is 2.19. The third kappa shape index (κ3) is 5.14. The molecule has 1 unspecified atom stereocenters. The van der Waals surface area contributed by atoms with Gasteiger partial charge in [-0.15, -0.1) is 0 Å². The maximum Gasteiger partial charge on any atom is 0.260 e. The van der Waals surface area contributed by atoms with E-state index in [0.717, 1.165) is 46.6 Å². The molecule has 1 saturated heterocycles. The van der Waals surface area contributed by atoms with Crippen LogP contribution in [0.4, 0.5) is 11.6 Å². The Labute approximate surface area is 233 Å². The van der Waals surface area contributed by atoms with Crippen LogP contribution in [0.15, 0.2) is 76.5 Å². The molecule has 6 rings (SSSR count). The first-order valence-corrected chi connectivity index (χ1v) is 13.8. The molecule has 40 heavy (non-hydrogen) atoms. The van der Waals surface area contributed by atoms with Gasteiger partial charge in [0.05, 0.1) is 6.20 Å². The van der Waals surface area contributed by atoms with Crippen LogP contribution in [0.1, 0.15) is 37.4 Å². The van der Waals surface area contributed by atoms with E-state index in [1.807, 2.05) is 45.0 Å². The van der Waals surface area contributed by atoms with Crippen molar-refractivity contribution in [2.45, 2.75) is 39.7 Å². The minimum absolute atomic E-state index is 0.0791. The van der Waals surface area contributed by atoms with E-state index in [0.29, 0.717) is 22.9 Å². The second-order valence-corrected chi connectivity index (χ2v) is 11.1. The maximum atomic E-state index is 13.8. The highest BCUT2D eigenvalue weighted by Gasteiger charge is 2.20. The van der Waals surface area contributed by atoms with Crippen molar-refractivity contribution >= 4 is 22.7 Å². The fraction of sp³-hybridized carbons (Fsp3) is 0.312. The largest absolute Gasteiger partial charge is 0.444 e. The molecule has 3 aromatic heterocycles. The predicted octanol–water partition coefficient (Wildman–Crippen LogP) is 6.24. The van der Waals surface area contributed by atoms with E-state index in [1.54, 1.807) is 17.0 Å². The van der Waals surface area contributed by atoms with Crippen LogP contribution in [-0.2, 0) is 6.42 Å². The van der Waals surface area contributed by atoms with Crippen molar-refractivity contribution in [3.63, 3.8) is 0 Å². The Morgan fingerprint density at radius 3 is 2.58 bits per heavy atom. The number of nitrogens with one attached hydrogen (secondary N) is 1. The molecule has 0 bridgehead atoms. The first kappa shape index (κ1) is 26.0. The molecule has 0 aliphatic carbocycles. The zero-order valence-electron chi connectivity index (χ0n) is 23.4. The normalized spacial score (nSPS) is 15.8. The number of hydrogen-bond acceptors (Lipinski definition) is 7. The summed E-state index contributed by atoms with van der Waals surface area (Å²) in [5.74, 6) is 1.88. The fourth-order valence-electron chi connectivity index (χ4n) is 5.71. The molecule has 1 fully saturated rings. The molecule has 4 heterocycles. The smallest absolute Gasteiger partial charge is 0.260 e. The van der Waals surface area contributed by atoms with E-state index >= 15 is 0 Å². The zero-order valence-corrected chi connectivity index (χ0v) is 23.4. The lowest BCUT2D eigenvalue weighted by molar-refractivity contribution is 0.394. The number of rotatable bonds is 7. The van der Waals surface area contributed by atoms with Crippen molar-refractivity contribution in [1.82, 2.24) is 24.4 Å². The van der Waals surface area contributed by atoms with Crippen LogP contribution in [0.3, 0.4) is 0 Å². The summed E-state index contributed by atoms with van der Waals surface area (Å²) in [4.78, 5) is 29.6. The number of aryl methyl sites for hydroxylation is 1. The molecule has 0 radical (unpaired) electrons. The van der Waals surface area contributed by atoms with Crippen LogP contribution in [-0.4, -0.2) is 44.6 Å². The number of likely N-dealkylation sites (tertiary alicyclic amines) is 1. The second kappa shape index (κ2) is 10.7. The molecule has 1 aliphatic heterocycles. The molecule has 1 N–H and O–H groups in total. The second-order valence-electron chi connectivity index (χ2n) is 11.1. The van der Waals surface area contributed by atoms with E-state index in [-0.39, 0.29) is 11.6 Å². The number of aromatic nitrogens is 4. The van der Waals surface area contributed by atoms with Crippen molar-refractivity contribution in [2.24, 2.45) is 5.92 Å². The maximum absolute atomic E-state index is 13.8. The predicted molar refractivity (Wildman–Crippen MR) is 159 cm³/mol. The van der Waals surface area contributed by atoms with Gasteiger partial charge in [0.15, 0.2) is 12.2 Å². The van der Waals surface area contributed by atoms with Gasteiger partial charge in [0.1, 0.15) is 5.65 Å². The fourth-order valence-corrected chi connectivity index (χ4v) is 5.71. The van der Waals surface area contributed by atoms with Gasteiger partial charge in [-0.2, -0.15) is 4.98 Å². The van der Waals surface area contributed by atoms with Gasteiger partial charge in [0.2, 0.25) is 5.95 Å². The number of hydrogen-bond donors (Lipinski definition) is 1. The Balaban J connectivity index is 1.30. The standard InChI is InChI=1S/C32H34N6O2/c1-20(2)38-30-25(15-28(31(38)39)27-10-7-24(13-21(27)3)29-17-33-19-40-29)16-34-32(36-30)35-26-8-5-22(6-9-26)14-23-11-12-37(4)18-23/h5-10,13,15-17,19-20,23H,11-12,14,18H2,1-4H3,(H,34,35,36). The number of pyridine rings is 1. The molecule has 0 spiro atoms.